The molecular formula is C19H20N2OS2. The van der Waals surface area contributed by atoms with Gasteiger partial charge in [0.05, 0.1) is 4.91 Å². The molecule has 0 N–H and O–H groups in total. The second-order valence-electron chi connectivity index (χ2n) is 6.50. The molecule has 1 aromatic carbocycles. The van der Waals surface area contributed by atoms with Crippen LogP contribution in [0.25, 0.3) is 6.08 Å². The fourth-order valence-corrected chi connectivity index (χ4v) is 4.86. The molecule has 124 valence electrons. The maximum absolute atomic E-state index is 12.0. The van der Waals surface area contributed by atoms with E-state index in [2.05, 4.69) is 23.1 Å². The van der Waals surface area contributed by atoms with Crippen molar-refractivity contribution < 1.29 is 4.79 Å². The highest BCUT2D eigenvalue weighted by molar-refractivity contribution is 8.26. The molecular weight excluding hydrogens is 336 g/mol. The number of rotatable bonds is 2. The Morgan fingerprint density at radius 1 is 1.17 bits per heavy atom. The van der Waals surface area contributed by atoms with E-state index in [1.165, 1.54) is 77.8 Å². The lowest BCUT2D eigenvalue weighted by atomic mass is 9.90. The van der Waals surface area contributed by atoms with E-state index in [9.17, 15) is 4.79 Å². The third kappa shape index (κ3) is 2.80. The van der Waals surface area contributed by atoms with Crippen LogP contribution in [-0.2, 0) is 17.6 Å². The Labute approximate surface area is 152 Å². The standard InChI is InChI=1S/C19H20N2OS2/c1-20-18(22)16(24-19(20)23)8-2-5-13-11-14-6-3-9-21-10-4-7-15(12-13)17(14)21/h2,5,8,11-12H,3-4,6-7,9-10H2,1H3/b5-2+,16-8+. The number of allylic oxidation sites excluding steroid dienone is 2. The molecule has 3 heterocycles. The number of anilines is 1. The predicted molar refractivity (Wildman–Crippen MR) is 105 cm³/mol. The minimum atomic E-state index is -0.00849. The number of aryl methyl sites for hydroxylation is 2. The van der Waals surface area contributed by atoms with Crippen LogP contribution in [0.3, 0.4) is 0 Å². The average Bonchev–Trinajstić information content (AvgIpc) is 2.83. The zero-order valence-corrected chi connectivity index (χ0v) is 15.4. The van der Waals surface area contributed by atoms with Crippen molar-refractivity contribution in [3.05, 3.63) is 45.9 Å². The lowest BCUT2D eigenvalue weighted by Crippen LogP contribution is -2.34. The quantitative estimate of drug-likeness (QED) is 0.594. The van der Waals surface area contributed by atoms with E-state index in [1.54, 1.807) is 7.05 Å². The lowest BCUT2D eigenvalue weighted by Gasteiger charge is -2.37. The van der Waals surface area contributed by atoms with E-state index < -0.39 is 0 Å². The molecule has 24 heavy (non-hydrogen) atoms. The van der Waals surface area contributed by atoms with Crippen molar-refractivity contribution in [2.45, 2.75) is 25.7 Å². The summed E-state index contributed by atoms with van der Waals surface area (Å²) in [6, 6.07) is 4.62. The van der Waals surface area contributed by atoms with Crippen LogP contribution in [0.4, 0.5) is 5.69 Å². The summed E-state index contributed by atoms with van der Waals surface area (Å²) in [6.07, 6.45) is 10.8. The van der Waals surface area contributed by atoms with Gasteiger partial charge in [0.2, 0.25) is 0 Å². The Morgan fingerprint density at radius 2 is 1.83 bits per heavy atom. The molecule has 0 aliphatic carbocycles. The lowest BCUT2D eigenvalue weighted by molar-refractivity contribution is -0.121. The summed E-state index contributed by atoms with van der Waals surface area (Å²) in [5, 5.41) is 0. The maximum Gasteiger partial charge on any atom is 0.265 e. The predicted octanol–water partition coefficient (Wildman–Crippen LogP) is 3.77. The van der Waals surface area contributed by atoms with E-state index in [1.807, 2.05) is 12.2 Å². The van der Waals surface area contributed by atoms with Gasteiger partial charge in [0.25, 0.3) is 5.91 Å². The highest BCUT2D eigenvalue weighted by atomic mass is 32.2. The van der Waals surface area contributed by atoms with Crippen molar-refractivity contribution in [2.75, 3.05) is 25.0 Å². The van der Waals surface area contributed by atoms with Crippen molar-refractivity contribution in [1.82, 2.24) is 4.90 Å². The fourth-order valence-electron chi connectivity index (χ4n) is 3.73. The van der Waals surface area contributed by atoms with Crippen molar-refractivity contribution in [2.24, 2.45) is 0 Å². The number of amides is 1. The van der Waals surface area contributed by atoms with Crippen molar-refractivity contribution >= 4 is 46.0 Å². The van der Waals surface area contributed by atoms with Crippen LogP contribution in [0.15, 0.2) is 29.2 Å². The number of likely N-dealkylation sites (N-methyl/N-ethyl adjacent to an activating group) is 1. The number of nitrogens with zero attached hydrogens (tertiary/aromatic N) is 2. The first-order chi connectivity index (χ1) is 11.6. The van der Waals surface area contributed by atoms with Gasteiger partial charge in [-0.25, -0.2) is 0 Å². The highest BCUT2D eigenvalue weighted by Crippen LogP contribution is 2.36. The summed E-state index contributed by atoms with van der Waals surface area (Å²) in [6.45, 7) is 2.40. The van der Waals surface area contributed by atoms with Crippen LogP contribution < -0.4 is 4.90 Å². The number of hydrogen-bond donors (Lipinski definition) is 0. The molecule has 1 saturated heterocycles. The summed E-state index contributed by atoms with van der Waals surface area (Å²) in [5.41, 5.74) is 5.70. The van der Waals surface area contributed by atoms with Gasteiger partial charge in [0, 0.05) is 25.8 Å². The van der Waals surface area contributed by atoms with Gasteiger partial charge in [-0.15, -0.1) is 0 Å². The Bertz CT molecular complexity index is 751. The summed E-state index contributed by atoms with van der Waals surface area (Å²) < 4.78 is 0.623. The van der Waals surface area contributed by atoms with E-state index in [0.29, 0.717) is 9.23 Å². The highest BCUT2D eigenvalue weighted by Gasteiger charge is 2.28. The molecule has 3 aliphatic heterocycles. The van der Waals surface area contributed by atoms with Crippen molar-refractivity contribution in [3.63, 3.8) is 0 Å². The molecule has 4 rings (SSSR count). The van der Waals surface area contributed by atoms with E-state index >= 15 is 0 Å². The monoisotopic (exact) mass is 356 g/mol. The Balaban J connectivity index is 1.60. The number of benzene rings is 1. The minimum absolute atomic E-state index is 0.00849. The van der Waals surface area contributed by atoms with Gasteiger partial charge in [-0.05, 0) is 60.6 Å². The van der Waals surface area contributed by atoms with Crippen molar-refractivity contribution in [3.8, 4) is 0 Å². The van der Waals surface area contributed by atoms with Gasteiger partial charge < -0.3 is 4.90 Å². The zero-order chi connectivity index (χ0) is 16.7. The third-order valence-electron chi connectivity index (χ3n) is 4.88. The van der Waals surface area contributed by atoms with E-state index in [-0.39, 0.29) is 5.91 Å². The van der Waals surface area contributed by atoms with Gasteiger partial charge in [0.1, 0.15) is 4.32 Å². The Hall–Kier alpha value is -1.59. The minimum Gasteiger partial charge on any atom is -0.371 e. The van der Waals surface area contributed by atoms with Gasteiger partial charge in [-0.3, -0.25) is 9.69 Å². The molecule has 0 radical (unpaired) electrons. The van der Waals surface area contributed by atoms with E-state index in [0.717, 1.165) is 0 Å². The summed E-state index contributed by atoms with van der Waals surface area (Å²) in [7, 11) is 1.72. The molecule has 3 nitrogen and oxygen atoms in total. The smallest absolute Gasteiger partial charge is 0.265 e. The molecule has 1 amide bonds. The zero-order valence-electron chi connectivity index (χ0n) is 13.7. The summed E-state index contributed by atoms with van der Waals surface area (Å²) >= 11 is 6.52. The average molecular weight is 357 g/mol. The number of carbonyl (C=O) groups excluding carboxylic acids is 1. The molecule has 5 heteroatoms. The summed E-state index contributed by atoms with van der Waals surface area (Å²) in [4.78, 5) is 16.8. The van der Waals surface area contributed by atoms with Crippen LogP contribution in [0.5, 0.6) is 0 Å². The van der Waals surface area contributed by atoms with Crippen LogP contribution in [0.1, 0.15) is 29.5 Å². The molecule has 0 atom stereocenters. The molecule has 1 aromatic rings. The topological polar surface area (TPSA) is 23.6 Å². The van der Waals surface area contributed by atoms with Gasteiger partial charge in [-0.1, -0.05) is 36.1 Å². The number of thiocarbonyl (C=S) groups is 1. The van der Waals surface area contributed by atoms with Crippen LogP contribution in [0.2, 0.25) is 0 Å². The molecule has 0 saturated carbocycles. The first-order valence-electron chi connectivity index (χ1n) is 8.42. The molecule has 3 aliphatic rings. The van der Waals surface area contributed by atoms with Gasteiger partial charge in [-0.2, -0.15) is 0 Å². The Kier molecular flexibility index (Phi) is 4.22. The van der Waals surface area contributed by atoms with Crippen molar-refractivity contribution in [1.29, 1.82) is 0 Å². The van der Waals surface area contributed by atoms with Gasteiger partial charge in [0.15, 0.2) is 0 Å². The largest absolute Gasteiger partial charge is 0.371 e. The first-order valence-corrected chi connectivity index (χ1v) is 9.65. The molecule has 0 spiro atoms. The van der Waals surface area contributed by atoms with Gasteiger partial charge >= 0.3 is 0 Å². The normalized spacial score (nSPS) is 22.0. The number of thioether (sulfide) groups is 1. The SMILES string of the molecule is CN1C(=O)/C(=C\C=C\c2cc3c4c(c2)CCCN4CCC3)SC1=S. The number of carbonyl (C=O) groups is 1. The number of hydrogen-bond acceptors (Lipinski definition) is 4. The maximum atomic E-state index is 12.0. The summed E-state index contributed by atoms with van der Waals surface area (Å²) in [5.74, 6) is -0.00849. The second kappa shape index (κ2) is 6.37. The molecule has 1 fully saturated rings. The Morgan fingerprint density at radius 3 is 2.42 bits per heavy atom. The molecule has 0 bridgehead atoms. The van der Waals surface area contributed by atoms with Crippen LogP contribution in [0, 0.1) is 0 Å². The second-order valence-corrected chi connectivity index (χ2v) is 8.18. The first kappa shape index (κ1) is 15.9. The van der Waals surface area contributed by atoms with Crippen LogP contribution >= 0.6 is 24.0 Å². The molecule has 0 unspecified atom stereocenters. The third-order valence-corrected chi connectivity index (χ3v) is 6.38. The van der Waals surface area contributed by atoms with Crippen LogP contribution in [-0.4, -0.2) is 35.3 Å². The fraction of sp³-hybridized carbons (Fsp3) is 0.368. The molecule has 0 aromatic heterocycles. The van der Waals surface area contributed by atoms with E-state index in [4.69, 9.17) is 12.2 Å².